The summed E-state index contributed by atoms with van der Waals surface area (Å²) in [7, 11) is -1.10. The molecule has 0 atom stereocenters. The average Bonchev–Trinajstić information content (AvgIpc) is 2.78. The van der Waals surface area contributed by atoms with Gasteiger partial charge in [-0.2, -0.15) is 0 Å². The molecule has 0 aliphatic rings. The van der Waals surface area contributed by atoms with Gasteiger partial charge in [0.05, 0.1) is 17.4 Å². The average molecular weight is 371 g/mol. The third kappa shape index (κ3) is 3.93. The minimum absolute atomic E-state index is 0.203. The number of imidazole rings is 1. The van der Waals surface area contributed by atoms with Gasteiger partial charge in [0.25, 0.3) is 0 Å². The molecule has 0 fully saturated rings. The molecule has 1 aromatic heterocycles. The van der Waals surface area contributed by atoms with E-state index in [4.69, 9.17) is 4.74 Å². The summed E-state index contributed by atoms with van der Waals surface area (Å²) in [5.41, 5.74) is 1.43. The molecule has 114 valence electrons. The van der Waals surface area contributed by atoms with E-state index in [1.54, 1.807) is 18.5 Å². The molecule has 0 spiro atoms. The molecule has 0 unspecified atom stereocenters. The summed E-state index contributed by atoms with van der Waals surface area (Å²) >= 11 is 3.45. The van der Waals surface area contributed by atoms with Crippen molar-refractivity contribution in [2.24, 2.45) is 0 Å². The molecule has 1 heterocycles. The highest BCUT2D eigenvalue weighted by atomic mass is 79.9. The van der Waals surface area contributed by atoms with Gasteiger partial charge in [0.2, 0.25) is 0 Å². The van der Waals surface area contributed by atoms with E-state index in [0.717, 1.165) is 16.0 Å². The number of aromatic nitrogens is 2. The molecule has 5 nitrogen and oxygen atoms in total. The zero-order valence-electron chi connectivity index (χ0n) is 12.4. The molecule has 0 saturated carbocycles. The number of carboxylic acid groups (broad SMARTS) is 1. The molecule has 0 bridgehead atoms. The van der Waals surface area contributed by atoms with Crippen molar-refractivity contribution in [2.45, 2.75) is 32.4 Å². The fourth-order valence-corrected chi connectivity index (χ4v) is 3.26. The second-order valence-corrected chi connectivity index (χ2v) is 12.6. The third-order valence-corrected chi connectivity index (χ3v) is 5.52. The van der Waals surface area contributed by atoms with Gasteiger partial charge >= 0.3 is 5.97 Å². The summed E-state index contributed by atoms with van der Waals surface area (Å²) in [5.74, 6) is -0.975. The van der Waals surface area contributed by atoms with Crippen molar-refractivity contribution in [3.8, 4) is 0 Å². The number of carboxylic acids is 1. The van der Waals surface area contributed by atoms with Gasteiger partial charge in [-0.25, -0.2) is 9.78 Å². The molecule has 2 aromatic rings. The van der Waals surface area contributed by atoms with E-state index in [9.17, 15) is 9.90 Å². The fourth-order valence-electron chi connectivity index (χ4n) is 1.96. The van der Waals surface area contributed by atoms with Crippen molar-refractivity contribution in [1.82, 2.24) is 9.55 Å². The van der Waals surface area contributed by atoms with Gasteiger partial charge in [-0.3, -0.25) is 0 Å². The Morgan fingerprint density at radius 2 is 2.14 bits per heavy atom. The Morgan fingerprint density at radius 1 is 1.43 bits per heavy atom. The van der Waals surface area contributed by atoms with Crippen LogP contribution < -0.4 is 0 Å². The summed E-state index contributed by atoms with van der Waals surface area (Å²) in [4.78, 5) is 15.4. The van der Waals surface area contributed by atoms with Crippen molar-refractivity contribution in [3.63, 3.8) is 0 Å². The van der Waals surface area contributed by atoms with Crippen LogP contribution >= 0.6 is 15.9 Å². The topological polar surface area (TPSA) is 64.4 Å². The van der Waals surface area contributed by atoms with Crippen molar-refractivity contribution >= 4 is 41.0 Å². The lowest BCUT2D eigenvalue weighted by Crippen LogP contribution is -2.22. The van der Waals surface area contributed by atoms with Crippen molar-refractivity contribution < 1.29 is 14.6 Å². The lowest BCUT2D eigenvalue weighted by molar-refractivity contribution is 0.0698. The number of hydrogen-bond acceptors (Lipinski definition) is 3. The van der Waals surface area contributed by atoms with E-state index in [-0.39, 0.29) is 5.56 Å². The van der Waals surface area contributed by atoms with Gasteiger partial charge in [0, 0.05) is 19.2 Å². The Kier molecular flexibility index (Phi) is 4.85. The molecule has 0 saturated heterocycles. The predicted molar refractivity (Wildman–Crippen MR) is 88.5 cm³/mol. The highest BCUT2D eigenvalue weighted by Gasteiger charge is 2.16. The van der Waals surface area contributed by atoms with Gasteiger partial charge in [-0.05, 0) is 34.1 Å². The number of benzene rings is 1. The van der Waals surface area contributed by atoms with Crippen LogP contribution in [0.2, 0.25) is 25.7 Å². The maximum atomic E-state index is 11.2. The monoisotopic (exact) mass is 370 g/mol. The number of hydrogen-bond donors (Lipinski definition) is 1. The van der Waals surface area contributed by atoms with Crippen LogP contribution in [0.1, 0.15) is 10.4 Å². The maximum absolute atomic E-state index is 11.2. The van der Waals surface area contributed by atoms with Crippen LogP contribution in [0.4, 0.5) is 0 Å². The normalized spacial score (nSPS) is 12.0. The van der Waals surface area contributed by atoms with Crippen LogP contribution in [0.5, 0.6) is 0 Å². The number of rotatable bonds is 6. The molecular weight excluding hydrogens is 352 g/mol. The van der Waals surface area contributed by atoms with Crippen molar-refractivity contribution in [3.05, 3.63) is 28.5 Å². The van der Waals surface area contributed by atoms with E-state index in [1.165, 1.54) is 0 Å². The van der Waals surface area contributed by atoms with Gasteiger partial charge in [0.1, 0.15) is 12.2 Å². The molecule has 2 rings (SSSR count). The van der Waals surface area contributed by atoms with E-state index in [1.807, 2.05) is 4.57 Å². The van der Waals surface area contributed by atoms with E-state index >= 15 is 0 Å². The quantitative estimate of drug-likeness (QED) is 0.620. The number of nitrogens with zero attached hydrogens (tertiary/aromatic N) is 2. The lowest BCUT2D eigenvalue weighted by Gasteiger charge is -2.15. The van der Waals surface area contributed by atoms with Crippen LogP contribution in [0.25, 0.3) is 11.0 Å². The SMILES string of the molecule is C[Si](C)(C)CCOCn1cnc2c(C(=O)O)ccc(Br)c21. The highest BCUT2D eigenvalue weighted by Crippen LogP contribution is 2.26. The summed E-state index contributed by atoms with van der Waals surface area (Å²) in [6.07, 6.45) is 1.62. The first-order chi connectivity index (χ1) is 9.79. The van der Waals surface area contributed by atoms with Gasteiger partial charge < -0.3 is 14.4 Å². The zero-order chi connectivity index (χ0) is 15.6. The molecule has 0 aliphatic carbocycles. The van der Waals surface area contributed by atoms with Crippen LogP contribution in [0, 0.1) is 0 Å². The molecule has 1 N–H and O–H groups in total. The van der Waals surface area contributed by atoms with Crippen LogP contribution in [-0.4, -0.2) is 35.3 Å². The van der Waals surface area contributed by atoms with Crippen LogP contribution in [-0.2, 0) is 11.5 Å². The Balaban J connectivity index is 2.18. The number of ether oxygens (including phenoxy) is 1. The fraction of sp³-hybridized carbons (Fsp3) is 0.429. The molecule has 0 aliphatic heterocycles. The lowest BCUT2D eigenvalue weighted by atomic mass is 10.2. The number of fused-ring (bicyclic) bond motifs is 1. The van der Waals surface area contributed by atoms with E-state index in [2.05, 4.69) is 40.6 Å². The Labute approximate surface area is 133 Å². The minimum Gasteiger partial charge on any atom is -0.478 e. The predicted octanol–water partition coefficient (Wildman–Crippen LogP) is 3.81. The Morgan fingerprint density at radius 3 is 2.76 bits per heavy atom. The smallest absolute Gasteiger partial charge is 0.337 e. The standard InChI is InChI=1S/C14H19BrN2O3Si/c1-21(2,3)7-6-20-9-17-8-16-12-10(14(18)19)4-5-11(15)13(12)17/h4-5,8H,6-7,9H2,1-3H3,(H,18,19). The van der Waals surface area contributed by atoms with E-state index in [0.29, 0.717) is 18.9 Å². The minimum atomic E-state index is -1.10. The number of aromatic carboxylic acids is 1. The molecule has 0 radical (unpaired) electrons. The molecule has 1 aromatic carbocycles. The number of carbonyl (C=O) groups is 1. The number of halogens is 1. The Hall–Kier alpha value is -1.18. The molecule has 0 amide bonds. The van der Waals surface area contributed by atoms with Crippen molar-refractivity contribution in [2.75, 3.05) is 6.61 Å². The molecule has 21 heavy (non-hydrogen) atoms. The van der Waals surface area contributed by atoms with Gasteiger partial charge in [-0.15, -0.1) is 0 Å². The zero-order valence-corrected chi connectivity index (χ0v) is 15.0. The summed E-state index contributed by atoms with van der Waals surface area (Å²) < 4.78 is 8.35. The van der Waals surface area contributed by atoms with E-state index < -0.39 is 14.0 Å². The summed E-state index contributed by atoms with van der Waals surface area (Å²) in [6, 6.07) is 4.38. The second kappa shape index (κ2) is 6.29. The van der Waals surface area contributed by atoms with Crippen LogP contribution in [0.3, 0.4) is 0 Å². The van der Waals surface area contributed by atoms with Crippen molar-refractivity contribution in [1.29, 1.82) is 0 Å². The summed E-state index contributed by atoms with van der Waals surface area (Å²) in [5, 5.41) is 9.20. The largest absolute Gasteiger partial charge is 0.478 e. The highest BCUT2D eigenvalue weighted by molar-refractivity contribution is 9.10. The molecular formula is C14H19BrN2O3Si. The second-order valence-electron chi connectivity index (χ2n) is 6.16. The Bertz CT molecular complexity index is 664. The van der Waals surface area contributed by atoms with Gasteiger partial charge in [0.15, 0.2) is 0 Å². The first-order valence-corrected chi connectivity index (χ1v) is 11.2. The molecule has 7 heteroatoms. The van der Waals surface area contributed by atoms with Crippen LogP contribution in [0.15, 0.2) is 22.9 Å². The first-order valence-electron chi connectivity index (χ1n) is 6.74. The third-order valence-electron chi connectivity index (χ3n) is 3.17. The summed E-state index contributed by atoms with van der Waals surface area (Å²) in [6.45, 7) is 8.00. The first kappa shape index (κ1) is 16.2. The van der Waals surface area contributed by atoms with Gasteiger partial charge in [-0.1, -0.05) is 19.6 Å². The maximum Gasteiger partial charge on any atom is 0.337 e.